The molecule has 1 nitrogen and oxygen atoms in total. The van der Waals surface area contributed by atoms with Gasteiger partial charge in [0.15, 0.2) is 0 Å². The van der Waals surface area contributed by atoms with Gasteiger partial charge in [0.25, 0.3) is 0 Å². The van der Waals surface area contributed by atoms with E-state index in [-0.39, 0.29) is 0 Å². The van der Waals surface area contributed by atoms with Crippen LogP contribution in [0.3, 0.4) is 0 Å². The first-order chi connectivity index (χ1) is 9.15. The zero-order valence-corrected chi connectivity index (χ0v) is 12.3. The quantitative estimate of drug-likeness (QED) is 0.793. The smallest absolute Gasteiger partial charge is 0.0296 e. The van der Waals surface area contributed by atoms with Gasteiger partial charge in [-0.15, -0.1) is 0 Å². The minimum Gasteiger partial charge on any atom is -0.307 e. The third-order valence-corrected chi connectivity index (χ3v) is 5.14. The molecule has 3 rings (SSSR count). The summed E-state index contributed by atoms with van der Waals surface area (Å²) in [5.41, 5.74) is 2.83. The van der Waals surface area contributed by atoms with Gasteiger partial charge in [0, 0.05) is 12.1 Å². The second kappa shape index (κ2) is 5.13. The lowest BCUT2D eigenvalue weighted by Crippen LogP contribution is -2.37. The summed E-state index contributed by atoms with van der Waals surface area (Å²) in [5, 5.41) is 3.83. The SMILES string of the molecule is Cc1ccccc1[C@H](C)NC(C)C1CC2C=CC1C2. The molecule has 1 heteroatoms. The molecule has 2 aliphatic carbocycles. The molecule has 0 aromatic heterocycles. The highest BCUT2D eigenvalue weighted by molar-refractivity contribution is 5.28. The molecule has 0 spiro atoms. The zero-order valence-electron chi connectivity index (χ0n) is 12.3. The number of hydrogen-bond donors (Lipinski definition) is 1. The van der Waals surface area contributed by atoms with Gasteiger partial charge in [0.2, 0.25) is 0 Å². The second-order valence-electron chi connectivity index (χ2n) is 6.48. The lowest BCUT2D eigenvalue weighted by molar-refractivity contribution is 0.307. The summed E-state index contributed by atoms with van der Waals surface area (Å²) in [6.07, 6.45) is 7.67. The number of benzene rings is 1. The third-order valence-electron chi connectivity index (χ3n) is 5.14. The fraction of sp³-hybridized carbons (Fsp3) is 0.556. The van der Waals surface area contributed by atoms with E-state index in [4.69, 9.17) is 0 Å². The first-order valence-corrected chi connectivity index (χ1v) is 7.65. The average Bonchev–Trinajstić information content (AvgIpc) is 3.01. The molecule has 1 aromatic rings. The average molecular weight is 255 g/mol. The molecule has 1 fully saturated rings. The van der Waals surface area contributed by atoms with Crippen molar-refractivity contribution in [1.29, 1.82) is 0 Å². The van der Waals surface area contributed by atoms with E-state index in [9.17, 15) is 0 Å². The van der Waals surface area contributed by atoms with E-state index in [0.29, 0.717) is 12.1 Å². The standard InChI is InChI=1S/C18H25N/c1-12-6-4-5-7-17(12)13(2)19-14(3)18-11-15-8-9-16(18)10-15/h4-9,13-16,18-19H,10-11H2,1-3H3/t13-,14?,15?,16?,18?/m0/s1. The first kappa shape index (κ1) is 12.9. The maximum Gasteiger partial charge on any atom is 0.0296 e. The molecule has 0 saturated heterocycles. The van der Waals surface area contributed by atoms with Gasteiger partial charge in [0.05, 0.1) is 0 Å². The predicted octanol–water partition coefficient (Wildman–Crippen LogP) is 4.25. The van der Waals surface area contributed by atoms with Crippen LogP contribution in [-0.2, 0) is 0 Å². The van der Waals surface area contributed by atoms with Crippen LogP contribution in [0, 0.1) is 24.7 Å². The van der Waals surface area contributed by atoms with Crippen molar-refractivity contribution in [2.24, 2.45) is 17.8 Å². The van der Waals surface area contributed by atoms with E-state index in [1.807, 2.05) is 0 Å². The monoisotopic (exact) mass is 255 g/mol. The Kier molecular flexibility index (Phi) is 3.49. The van der Waals surface area contributed by atoms with E-state index < -0.39 is 0 Å². The molecular weight excluding hydrogens is 230 g/mol. The van der Waals surface area contributed by atoms with Crippen molar-refractivity contribution >= 4 is 0 Å². The predicted molar refractivity (Wildman–Crippen MR) is 81.0 cm³/mol. The summed E-state index contributed by atoms with van der Waals surface area (Å²) < 4.78 is 0. The van der Waals surface area contributed by atoms with E-state index in [0.717, 1.165) is 17.8 Å². The topological polar surface area (TPSA) is 12.0 Å². The zero-order chi connectivity index (χ0) is 13.4. The van der Waals surface area contributed by atoms with Crippen LogP contribution in [0.2, 0.25) is 0 Å². The molecule has 2 aliphatic rings. The van der Waals surface area contributed by atoms with Crippen molar-refractivity contribution in [2.75, 3.05) is 0 Å². The number of fused-ring (bicyclic) bond motifs is 2. The molecule has 1 N–H and O–H groups in total. The van der Waals surface area contributed by atoms with Crippen LogP contribution < -0.4 is 5.32 Å². The van der Waals surface area contributed by atoms with Crippen molar-refractivity contribution in [3.8, 4) is 0 Å². The first-order valence-electron chi connectivity index (χ1n) is 7.65. The van der Waals surface area contributed by atoms with Crippen LogP contribution in [0.4, 0.5) is 0 Å². The van der Waals surface area contributed by atoms with Gasteiger partial charge in [-0.05, 0) is 62.5 Å². The van der Waals surface area contributed by atoms with Crippen LogP contribution in [-0.4, -0.2) is 6.04 Å². The number of rotatable bonds is 4. The van der Waals surface area contributed by atoms with Gasteiger partial charge < -0.3 is 5.32 Å². The van der Waals surface area contributed by atoms with Crippen molar-refractivity contribution in [3.63, 3.8) is 0 Å². The van der Waals surface area contributed by atoms with Crippen molar-refractivity contribution in [3.05, 3.63) is 47.5 Å². The largest absolute Gasteiger partial charge is 0.307 e. The third kappa shape index (κ3) is 2.49. The van der Waals surface area contributed by atoms with Crippen LogP contribution >= 0.6 is 0 Å². The van der Waals surface area contributed by atoms with Crippen LogP contribution in [0.15, 0.2) is 36.4 Å². The van der Waals surface area contributed by atoms with Crippen molar-refractivity contribution in [1.82, 2.24) is 5.32 Å². The van der Waals surface area contributed by atoms with Gasteiger partial charge in [-0.25, -0.2) is 0 Å². The molecule has 0 heterocycles. The minimum atomic E-state index is 0.444. The number of hydrogen-bond acceptors (Lipinski definition) is 1. The van der Waals surface area contributed by atoms with Gasteiger partial charge in [-0.1, -0.05) is 36.4 Å². The highest BCUT2D eigenvalue weighted by Gasteiger charge is 2.38. The van der Waals surface area contributed by atoms with Gasteiger partial charge in [-0.3, -0.25) is 0 Å². The van der Waals surface area contributed by atoms with E-state index in [1.165, 1.54) is 24.0 Å². The Morgan fingerprint density at radius 1 is 1.11 bits per heavy atom. The van der Waals surface area contributed by atoms with Gasteiger partial charge in [-0.2, -0.15) is 0 Å². The Morgan fingerprint density at radius 2 is 1.89 bits per heavy atom. The Hall–Kier alpha value is -1.08. The van der Waals surface area contributed by atoms with Crippen molar-refractivity contribution < 1.29 is 0 Å². The molecule has 5 atom stereocenters. The number of aryl methyl sites for hydroxylation is 1. The summed E-state index contributed by atoms with van der Waals surface area (Å²) in [6, 6.07) is 9.77. The summed E-state index contributed by atoms with van der Waals surface area (Å²) in [7, 11) is 0. The summed E-state index contributed by atoms with van der Waals surface area (Å²) in [4.78, 5) is 0. The Balaban J connectivity index is 1.65. The van der Waals surface area contributed by atoms with Crippen molar-refractivity contribution in [2.45, 2.75) is 45.7 Å². The molecule has 0 radical (unpaired) electrons. The van der Waals surface area contributed by atoms with E-state index in [1.54, 1.807) is 0 Å². The minimum absolute atomic E-state index is 0.444. The van der Waals surface area contributed by atoms with E-state index >= 15 is 0 Å². The Bertz CT molecular complexity index is 476. The summed E-state index contributed by atoms with van der Waals surface area (Å²) in [6.45, 7) is 6.87. The molecule has 1 saturated carbocycles. The molecule has 2 bridgehead atoms. The summed E-state index contributed by atoms with van der Waals surface area (Å²) >= 11 is 0. The fourth-order valence-corrected chi connectivity index (χ4v) is 4.08. The van der Waals surface area contributed by atoms with Crippen LogP contribution in [0.5, 0.6) is 0 Å². The molecule has 0 aliphatic heterocycles. The highest BCUT2D eigenvalue weighted by atomic mass is 14.9. The molecule has 19 heavy (non-hydrogen) atoms. The summed E-state index contributed by atoms with van der Waals surface area (Å²) in [5.74, 6) is 2.53. The molecule has 102 valence electrons. The second-order valence-corrected chi connectivity index (χ2v) is 6.48. The van der Waals surface area contributed by atoms with Crippen LogP contribution in [0.25, 0.3) is 0 Å². The Labute approximate surface area is 117 Å². The number of allylic oxidation sites excluding steroid dienone is 2. The van der Waals surface area contributed by atoms with E-state index in [2.05, 4.69) is 62.5 Å². The maximum absolute atomic E-state index is 3.83. The van der Waals surface area contributed by atoms with Gasteiger partial charge >= 0.3 is 0 Å². The Morgan fingerprint density at radius 3 is 2.53 bits per heavy atom. The lowest BCUT2D eigenvalue weighted by Gasteiger charge is -2.29. The number of nitrogens with one attached hydrogen (secondary N) is 1. The normalized spacial score (nSPS) is 31.6. The highest BCUT2D eigenvalue weighted by Crippen LogP contribution is 2.45. The van der Waals surface area contributed by atoms with Gasteiger partial charge in [0.1, 0.15) is 0 Å². The lowest BCUT2D eigenvalue weighted by atomic mass is 9.87. The molecule has 1 aromatic carbocycles. The molecule has 4 unspecified atom stereocenters. The van der Waals surface area contributed by atoms with Crippen LogP contribution in [0.1, 0.15) is 43.9 Å². The molecular formula is C18H25N. The fourth-order valence-electron chi connectivity index (χ4n) is 4.08. The maximum atomic E-state index is 3.83. The molecule has 0 amide bonds.